The minimum absolute atomic E-state index is 0.249. The summed E-state index contributed by atoms with van der Waals surface area (Å²) in [5.74, 6) is -1.03. The Bertz CT molecular complexity index is 968. The van der Waals surface area contributed by atoms with E-state index in [1.54, 1.807) is 24.3 Å². The van der Waals surface area contributed by atoms with Crippen LogP contribution in [0.3, 0.4) is 0 Å². The van der Waals surface area contributed by atoms with Crippen molar-refractivity contribution < 1.29 is 22.3 Å². The molecule has 1 amide bonds. The highest BCUT2D eigenvalue weighted by molar-refractivity contribution is 9.10. The molecule has 0 saturated heterocycles. The number of rotatable bonds is 5. The fourth-order valence-corrected chi connectivity index (χ4v) is 4.80. The Morgan fingerprint density at radius 2 is 2.07 bits per heavy atom. The molecular weight excluding hydrogens is 439 g/mol. The second-order valence-electron chi connectivity index (χ2n) is 5.98. The van der Waals surface area contributed by atoms with Crippen LogP contribution in [0.4, 0.5) is 10.1 Å². The van der Waals surface area contributed by atoms with Crippen LogP contribution in [0.5, 0.6) is 5.75 Å². The predicted octanol–water partition coefficient (Wildman–Crippen LogP) is 3.07. The van der Waals surface area contributed by atoms with E-state index in [4.69, 9.17) is 4.74 Å². The first-order valence-electron chi connectivity index (χ1n) is 8.35. The summed E-state index contributed by atoms with van der Waals surface area (Å²) in [7, 11) is -4.25. The SMILES string of the molecule is CCCNC(=O)C1CN(S(=O)(=O)c2cc(Br)ccc2F)c2ccccc2O1. The number of benzene rings is 2. The third kappa shape index (κ3) is 3.93. The van der Waals surface area contributed by atoms with Crippen LogP contribution in [0.25, 0.3) is 0 Å². The van der Waals surface area contributed by atoms with Gasteiger partial charge in [0.05, 0.1) is 12.2 Å². The van der Waals surface area contributed by atoms with Gasteiger partial charge in [0.25, 0.3) is 15.9 Å². The van der Waals surface area contributed by atoms with Crippen molar-refractivity contribution in [2.24, 2.45) is 0 Å². The van der Waals surface area contributed by atoms with Crippen LogP contribution < -0.4 is 14.4 Å². The van der Waals surface area contributed by atoms with Crippen molar-refractivity contribution in [1.29, 1.82) is 0 Å². The summed E-state index contributed by atoms with van der Waals surface area (Å²) >= 11 is 3.17. The van der Waals surface area contributed by atoms with Gasteiger partial charge in [0.15, 0.2) is 6.10 Å². The van der Waals surface area contributed by atoms with Gasteiger partial charge in [-0.1, -0.05) is 35.0 Å². The molecule has 1 aliphatic heterocycles. The minimum atomic E-state index is -4.25. The summed E-state index contributed by atoms with van der Waals surface area (Å²) in [6.45, 7) is 2.11. The number of para-hydroxylation sites is 2. The number of hydrogen-bond acceptors (Lipinski definition) is 4. The summed E-state index contributed by atoms with van der Waals surface area (Å²) in [5, 5.41) is 2.70. The molecule has 6 nitrogen and oxygen atoms in total. The minimum Gasteiger partial charge on any atom is -0.476 e. The zero-order chi connectivity index (χ0) is 19.6. The van der Waals surface area contributed by atoms with Crippen LogP contribution in [0, 0.1) is 5.82 Å². The number of carbonyl (C=O) groups is 1. The van der Waals surface area contributed by atoms with Crippen LogP contribution in [0.15, 0.2) is 51.8 Å². The van der Waals surface area contributed by atoms with E-state index in [9.17, 15) is 17.6 Å². The van der Waals surface area contributed by atoms with Gasteiger partial charge in [-0.15, -0.1) is 0 Å². The first-order chi connectivity index (χ1) is 12.8. The van der Waals surface area contributed by atoms with Crippen molar-refractivity contribution in [3.05, 3.63) is 52.8 Å². The lowest BCUT2D eigenvalue weighted by Crippen LogP contribution is -2.50. The highest BCUT2D eigenvalue weighted by Gasteiger charge is 2.38. The van der Waals surface area contributed by atoms with Gasteiger partial charge in [0, 0.05) is 11.0 Å². The lowest BCUT2D eigenvalue weighted by atomic mass is 10.2. The highest BCUT2D eigenvalue weighted by atomic mass is 79.9. The molecule has 0 spiro atoms. The zero-order valence-corrected chi connectivity index (χ0v) is 16.9. The van der Waals surface area contributed by atoms with E-state index < -0.39 is 32.7 Å². The summed E-state index contributed by atoms with van der Waals surface area (Å²) in [4.78, 5) is 11.9. The number of nitrogens with zero attached hydrogens (tertiary/aromatic N) is 1. The number of ether oxygens (including phenoxy) is 1. The Labute approximate surface area is 165 Å². The Hall–Kier alpha value is -2.13. The van der Waals surface area contributed by atoms with Crippen LogP contribution >= 0.6 is 15.9 Å². The third-order valence-corrected chi connectivity index (χ3v) is 6.33. The molecule has 1 aliphatic rings. The number of sulfonamides is 1. The lowest BCUT2D eigenvalue weighted by Gasteiger charge is -2.34. The van der Waals surface area contributed by atoms with Gasteiger partial charge in [0.1, 0.15) is 16.5 Å². The van der Waals surface area contributed by atoms with Gasteiger partial charge < -0.3 is 10.1 Å². The van der Waals surface area contributed by atoms with E-state index in [2.05, 4.69) is 21.2 Å². The molecule has 1 N–H and O–H groups in total. The number of amides is 1. The first kappa shape index (κ1) is 19.6. The largest absolute Gasteiger partial charge is 0.476 e. The molecule has 27 heavy (non-hydrogen) atoms. The summed E-state index contributed by atoms with van der Waals surface area (Å²) in [5.41, 5.74) is 0.261. The molecule has 0 aromatic heterocycles. The Kier molecular flexibility index (Phi) is 5.71. The normalized spacial score (nSPS) is 16.4. The number of nitrogens with one attached hydrogen (secondary N) is 1. The van der Waals surface area contributed by atoms with Crippen LogP contribution in [0.2, 0.25) is 0 Å². The fraction of sp³-hybridized carbons (Fsp3) is 0.278. The molecule has 3 rings (SSSR count). The Balaban J connectivity index is 2.04. The average Bonchev–Trinajstić information content (AvgIpc) is 2.66. The Morgan fingerprint density at radius 1 is 1.33 bits per heavy atom. The quantitative estimate of drug-likeness (QED) is 0.749. The molecule has 0 saturated carbocycles. The molecule has 144 valence electrons. The lowest BCUT2D eigenvalue weighted by molar-refractivity contribution is -0.127. The van der Waals surface area contributed by atoms with Crippen molar-refractivity contribution in [2.75, 3.05) is 17.4 Å². The van der Waals surface area contributed by atoms with E-state index in [1.807, 2.05) is 6.92 Å². The maximum absolute atomic E-state index is 14.3. The van der Waals surface area contributed by atoms with Gasteiger partial charge in [0.2, 0.25) is 0 Å². The summed E-state index contributed by atoms with van der Waals surface area (Å²) in [6, 6.07) is 10.2. The van der Waals surface area contributed by atoms with Crippen LogP contribution in [-0.2, 0) is 14.8 Å². The summed E-state index contributed by atoms with van der Waals surface area (Å²) in [6.07, 6.45) is -0.295. The van der Waals surface area contributed by atoms with E-state index in [-0.39, 0.29) is 18.0 Å². The highest BCUT2D eigenvalue weighted by Crippen LogP contribution is 2.37. The smallest absolute Gasteiger partial charge is 0.267 e. The van der Waals surface area contributed by atoms with Crippen molar-refractivity contribution in [2.45, 2.75) is 24.3 Å². The second-order valence-corrected chi connectivity index (χ2v) is 8.72. The van der Waals surface area contributed by atoms with Crippen LogP contribution in [-0.4, -0.2) is 33.5 Å². The van der Waals surface area contributed by atoms with Gasteiger partial charge in [-0.25, -0.2) is 12.8 Å². The zero-order valence-electron chi connectivity index (χ0n) is 14.5. The monoisotopic (exact) mass is 456 g/mol. The molecule has 0 radical (unpaired) electrons. The number of halogens is 2. The van der Waals surface area contributed by atoms with Crippen molar-refractivity contribution in [3.63, 3.8) is 0 Å². The van der Waals surface area contributed by atoms with E-state index in [0.29, 0.717) is 11.0 Å². The van der Waals surface area contributed by atoms with Crippen molar-refractivity contribution in [1.82, 2.24) is 5.32 Å². The first-order valence-corrected chi connectivity index (χ1v) is 10.6. The van der Waals surface area contributed by atoms with Gasteiger partial charge >= 0.3 is 0 Å². The third-order valence-electron chi connectivity index (χ3n) is 4.04. The topological polar surface area (TPSA) is 75.7 Å². The number of fused-ring (bicyclic) bond motifs is 1. The molecule has 0 bridgehead atoms. The standard InChI is InChI=1S/C18H18BrFN2O4S/c1-2-9-21-18(23)16-11-22(14-5-3-4-6-15(14)26-16)27(24,25)17-10-12(19)7-8-13(17)20/h3-8,10,16H,2,9,11H2,1H3,(H,21,23). The second kappa shape index (κ2) is 7.85. The maximum Gasteiger partial charge on any atom is 0.267 e. The number of anilines is 1. The molecule has 0 aliphatic carbocycles. The van der Waals surface area contributed by atoms with Gasteiger partial charge in [-0.3, -0.25) is 9.10 Å². The maximum atomic E-state index is 14.3. The van der Waals surface area contributed by atoms with E-state index >= 15 is 0 Å². The molecule has 1 atom stereocenters. The molecular formula is C18H18BrFN2O4S. The summed E-state index contributed by atoms with van der Waals surface area (Å²) < 4.78 is 47.8. The molecule has 1 heterocycles. The van der Waals surface area contributed by atoms with Gasteiger partial charge in [-0.2, -0.15) is 0 Å². The molecule has 2 aromatic carbocycles. The molecule has 0 fully saturated rings. The molecule has 2 aromatic rings. The molecule has 9 heteroatoms. The van der Waals surface area contributed by atoms with Gasteiger partial charge in [-0.05, 0) is 36.8 Å². The van der Waals surface area contributed by atoms with Crippen molar-refractivity contribution >= 4 is 37.5 Å². The predicted molar refractivity (Wildman–Crippen MR) is 103 cm³/mol. The Morgan fingerprint density at radius 3 is 2.81 bits per heavy atom. The fourth-order valence-electron chi connectivity index (χ4n) is 2.72. The van der Waals surface area contributed by atoms with E-state index in [0.717, 1.165) is 16.8 Å². The van der Waals surface area contributed by atoms with Crippen molar-refractivity contribution in [3.8, 4) is 5.75 Å². The average molecular weight is 457 g/mol. The molecule has 1 unspecified atom stereocenters. The van der Waals surface area contributed by atoms with Crippen LogP contribution in [0.1, 0.15) is 13.3 Å². The number of carbonyl (C=O) groups excluding carboxylic acids is 1. The number of hydrogen-bond donors (Lipinski definition) is 1. The van der Waals surface area contributed by atoms with E-state index in [1.165, 1.54) is 12.1 Å².